The van der Waals surface area contributed by atoms with Crippen molar-refractivity contribution in [1.82, 2.24) is 5.16 Å². The molecule has 0 aliphatic carbocycles. The fourth-order valence-corrected chi connectivity index (χ4v) is 1.83. The molecule has 2 aromatic rings. The minimum atomic E-state index is -0.358. The first-order chi connectivity index (χ1) is 8.09. The van der Waals surface area contributed by atoms with Gasteiger partial charge < -0.3 is 9.84 Å². The minimum Gasteiger partial charge on any atom is -0.351 e. The number of aryl methyl sites for hydroxylation is 1. The lowest BCUT2D eigenvalue weighted by molar-refractivity contribution is 0.0987. The predicted molar refractivity (Wildman–Crippen MR) is 68.3 cm³/mol. The maximum Gasteiger partial charge on any atom is 0.294 e. The molecule has 0 unspecified atom stereocenters. The van der Waals surface area contributed by atoms with E-state index in [9.17, 15) is 4.79 Å². The van der Waals surface area contributed by atoms with Gasteiger partial charge >= 0.3 is 0 Å². The molecule has 0 atom stereocenters. The third-order valence-electron chi connectivity index (χ3n) is 2.15. The van der Waals surface area contributed by atoms with E-state index in [0.717, 1.165) is 0 Å². The third-order valence-corrected chi connectivity index (χ3v) is 3.55. The Morgan fingerprint density at radius 1 is 1.53 bits per heavy atom. The Balaban J connectivity index is 2.25. The highest BCUT2D eigenvalue weighted by atomic mass is 79.9. The average molecular weight is 316 g/mol. The summed E-state index contributed by atoms with van der Waals surface area (Å²) in [6.45, 7) is 1.75. The van der Waals surface area contributed by atoms with E-state index in [-0.39, 0.29) is 11.7 Å². The van der Waals surface area contributed by atoms with Crippen LogP contribution in [0.15, 0.2) is 33.4 Å². The van der Waals surface area contributed by atoms with Crippen molar-refractivity contribution >= 4 is 39.1 Å². The van der Waals surface area contributed by atoms with Crippen molar-refractivity contribution in [2.24, 2.45) is 0 Å². The van der Waals surface area contributed by atoms with E-state index >= 15 is 0 Å². The van der Waals surface area contributed by atoms with Crippen molar-refractivity contribution in [3.63, 3.8) is 0 Å². The Morgan fingerprint density at radius 3 is 2.94 bits per heavy atom. The standard InChI is InChI=1S/C11H8BrClN2O2/c1-6-5-14-17-10(6)11(16)15-8-4-2-3-7(13)9(8)12/h2-5H,1H3,(H,15,16). The molecule has 0 spiro atoms. The Morgan fingerprint density at radius 2 is 2.29 bits per heavy atom. The number of hydrogen-bond acceptors (Lipinski definition) is 3. The summed E-state index contributed by atoms with van der Waals surface area (Å²) in [5, 5.41) is 6.77. The van der Waals surface area contributed by atoms with Crippen molar-refractivity contribution in [2.75, 3.05) is 5.32 Å². The molecule has 0 saturated carbocycles. The lowest BCUT2D eigenvalue weighted by Crippen LogP contribution is -2.12. The summed E-state index contributed by atoms with van der Waals surface area (Å²) in [5.74, 6) is -0.167. The molecular formula is C11H8BrClN2O2. The van der Waals surface area contributed by atoms with E-state index < -0.39 is 0 Å². The SMILES string of the molecule is Cc1cnoc1C(=O)Nc1cccc(Cl)c1Br. The number of rotatable bonds is 2. The molecule has 88 valence electrons. The number of carbonyl (C=O) groups is 1. The molecule has 0 aliphatic rings. The average Bonchev–Trinajstić information content (AvgIpc) is 2.71. The van der Waals surface area contributed by atoms with Gasteiger partial charge in [-0.15, -0.1) is 0 Å². The van der Waals surface area contributed by atoms with Gasteiger partial charge in [0.2, 0.25) is 5.76 Å². The second kappa shape index (κ2) is 4.89. The predicted octanol–water partition coefficient (Wildman–Crippen LogP) is 3.65. The van der Waals surface area contributed by atoms with Crippen LogP contribution in [0.3, 0.4) is 0 Å². The summed E-state index contributed by atoms with van der Waals surface area (Å²) in [4.78, 5) is 11.9. The number of halogens is 2. The first-order valence-corrected chi connectivity index (χ1v) is 5.93. The van der Waals surface area contributed by atoms with Gasteiger partial charge in [-0.3, -0.25) is 4.79 Å². The highest BCUT2D eigenvalue weighted by molar-refractivity contribution is 9.10. The Hall–Kier alpha value is -1.33. The van der Waals surface area contributed by atoms with E-state index in [0.29, 0.717) is 20.7 Å². The third kappa shape index (κ3) is 2.50. The van der Waals surface area contributed by atoms with Crippen LogP contribution in [0, 0.1) is 6.92 Å². The summed E-state index contributed by atoms with van der Waals surface area (Å²) in [6, 6.07) is 5.20. The maximum atomic E-state index is 11.9. The zero-order valence-electron chi connectivity index (χ0n) is 8.83. The highest BCUT2D eigenvalue weighted by Crippen LogP contribution is 2.30. The summed E-state index contributed by atoms with van der Waals surface area (Å²) < 4.78 is 5.49. The van der Waals surface area contributed by atoms with Crippen molar-refractivity contribution in [3.05, 3.63) is 45.2 Å². The highest BCUT2D eigenvalue weighted by Gasteiger charge is 2.15. The molecule has 1 amide bonds. The summed E-state index contributed by atoms with van der Waals surface area (Å²) >= 11 is 9.22. The van der Waals surface area contributed by atoms with Gasteiger partial charge in [0, 0.05) is 5.56 Å². The maximum absolute atomic E-state index is 11.9. The van der Waals surface area contributed by atoms with E-state index in [4.69, 9.17) is 16.1 Å². The second-order valence-electron chi connectivity index (χ2n) is 3.39. The van der Waals surface area contributed by atoms with Crippen molar-refractivity contribution < 1.29 is 9.32 Å². The zero-order valence-corrected chi connectivity index (χ0v) is 11.2. The molecule has 0 saturated heterocycles. The molecule has 1 aromatic carbocycles. The van der Waals surface area contributed by atoms with Gasteiger partial charge in [0.1, 0.15) is 0 Å². The van der Waals surface area contributed by atoms with Crippen LogP contribution in [0.5, 0.6) is 0 Å². The zero-order chi connectivity index (χ0) is 12.4. The van der Waals surface area contributed by atoms with Gasteiger partial charge in [0.25, 0.3) is 5.91 Å². The summed E-state index contributed by atoms with van der Waals surface area (Å²) in [7, 11) is 0. The number of anilines is 1. The van der Waals surface area contributed by atoms with E-state index in [1.54, 1.807) is 25.1 Å². The molecule has 0 fully saturated rings. The van der Waals surface area contributed by atoms with E-state index in [1.165, 1.54) is 6.20 Å². The number of benzene rings is 1. The first-order valence-electron chi connectivity index (χ1n) is 4.76. The van der Waals surface area contributed by atoms with Crippen LogP contribution in [0.4, 0.5) is 5.69 Å². The monoisotopic (exact) mass is 314 g/mol. The molecule has 1 aromatic heterocycles. The number of nitrogens with zero attached hydrogens (tertiary/aromatic N) is 1. The Kier molecular flexibility index (Phi) is 3.49. The van der Waals surface area contributed by atoms with Crippen LogP contribution < -0.4 is 5.32 Å². The van der Waals surface area contributed by atoms with Crippen LogP contribution in [-0.2, 0) is 0 Å². The summed E-state index contributed by atoms with van der Waals surface area (Å²) in [5.41, 5.74) is 1.26. The molecular weight excluding hydrogens is 307 g/mol. The van der Waals surface area contributed by atoms with Crippen LogP contribution in [0.1, 0.15) is 16.1 Å². The molecule has 2 rings (SSSR count). The number of carbonyl (C=O) groups excluding carboxylic acids is 1. The lowest BCUT2D eigenvalue weighted by Gasteiger charge is -2.06. The molecule has 17 heavy (non-hydrogen) atoms. The van der Waals surface area contributed by atoms with Gasteiger partial charge in [-0.05, 0) is 35.0 Å². The second-order valence-corrected chi connectivity index (χ2v) is 4.59. The number of aromatic nitrogens is 1. The molecule has 1 heterocycles. The van der Waals surface area contributed by atoms with Crippen LogP contribution in [0.25, 0.3) is 0 Å². The fourth-order valence-electron chi connectivity index (χ4n) is 1.29. The van der Waals surface area contributed by atoms with Gasteiger partial charge in [-0.2, -0.15) is 0 Å². The van der Waals surface area contributed by atoms with Crippen molar-refractivity contribution in [3.8, 4) is 0 Å². The van der Waals surface area contributed by atoms with Gasteiger partial charge in [-0.1, -0.05) is 22.8 Å². The first kappa shape index (κ1) is 12.1. The largest absolute Gasteiger partial charge is 0.351 e. The minimum absolute atomic E-state index is 0.192. The van der Waals surface area contributed by atoms with Gasteiger partial charge in [-0.25, -0.2) is 0 Å². The molecule has 0 bridgehead atoms. The number of hydrogen-bond donors (Lipinski definition) is 1. The normalized spacial score (nSPS) is 10.3. The molecule has 6 heteroatoms. The van der Waals surface area contributed by atoms with Crippen LogP contribution in [0.2, 0.25) is 5.02 Å². The topological polar surface area (TPSA) is 55.1 Å². The molecule has 0 aliphatic heterocycles. The van der Waals surface area contributed by atoms with Crippen molar-refractivity contribution in [2.45, 2.75) is 6.92 Å². The fraction of sp³-hybridized carbons (Fsp3) is 0.0909. The molecule has 4 nitrogen and oxygen atoms in total. The van der Waals surface area contributed by atoms with Crippen LogP contribution in [-0.4, -0.2) is 11.1 Å². The van der Waals surface area contributed by atoms with E-state index in [1.807, 2.05) is 0 Å². The number of amides is 1. The van der Waals surface area contributed by atoms with Crippen molar-refractivity contribution in [1.29, 1.82) is 0 Å². The van der Waals surface area contributed by atoms with Gasteiger partial charge in [0.15, 0.2) is 0 Å². The Bertz CT molecular complexity index is 568. The Labute approximate surface area is 111 Å². The smallest absolute Gasteiger partial charge is 0.294 e. The van der Waals surface area contributed by atoms with Gasteiger partial charge in [0.05, 0.1) is 21.4 Å². The van der Waals surface area contributed by atoms with Crippen LogP contribution >= 0.6 is 27.5 Å². The van der Waals surface area contributed by atoms with E-state index in [2.05, 4.69) is 26.4 Å². The number of nitrogens with one attached hydrogen (secondary N) is 1. The quantitative estimate of drug-likeness (QED) is 0.920. The molecule has 0 radical (unpaired) electrons. The molecule has 1 N–H and O–H groups in total. The lowest BCUT2D eigenvalue weighted by atomic mass is 10.2. The summed E-state index contributed by atoms with van der Waals surface area (Å²) in [6.07, 6.45) is 1.49.